The molecule has 8 heteroatoms. The number of rotatable bonds is 7. The number of hydrogen-bond donors (Lipinski definition) is 1. The Kier molecular flexibility index (Phi) is 6.73. The predicted octanol–water partition coefficient (Wildman–Crippen LogP) is 3.16. The maximum atomic E-state index is 11.9. The van der Waals surface area contributed by atoms with E-state index in [1.807, 2.05) is 30.7 Å². The molecule has 0 aromatic carbocycles. The van der Waals surface area contributed by atoms with E-state index in [1.54, 1.807) is 16.2 Å². The van der Waals surface area contributed by atoms with Crippen molar-refractivity contribution in [2.45, 2.75) is 20.3 Å². The molecule has 2 amide bonds. The van der Waals surface area contributed by atoms with Crippen LogP contribution in [0.3, 0.4) is 0 Å². The molecule has 0 saturated heterocycles. The van der Waals surface area contributed by atoms with E-state index in [9.17, 15) is 9.59 Å². The second-order valence-corrected chi connectivity index (χ2v) is 7.48. The van der Waals surface area contributed by atoms with Gasteiger partial charge in [0.15, 0.2) is 0 Å². The number of carbonyl (C=O) groups excluding carboxylic acids is 2. The van der Waals surface area contributed by atoms with Crippen molar-refractivity contribution in [1.82, 2.24) is 15.2 Å². The summed E-state index contributed by atoms with van der Waals surface area (Å²) in [6, 6.07) is 2.01. The van der Waals surface area contributed by atoms with Gasteiger partial charge in [-0.15, -0.1) is 22.7 Å². The van der Waals surface area contributed by atoms with Crippen LogP contribution in [0.1, 0.15) is 19.5 Å². The van der Waals surface area contributed by atoms with Crippen LogP contribution in [0.5, 0.6) is 0 Å². The summed E-state index contributed by atoms with van der Waals surface area (Å²) in [6.07, 6.45) is 0.189. The number of amides is 2. The van der Waals surface area contributed by atoms with Crippen LogP contribution in [0.15, 0.2) is 21.3 Å². The van der Waals surface area contributed by atoms with E-state index in [0.29, 0.717) is 13.1 Å². The molecule has 5 nitrogen and oxygen atoms in total. The lowest BCUT2D eigenvalue weighted by Crippen LogP contribution is -2.40. The second-order valence-electron chi connectivity index (χ2n) is 4.79. The Labute approximate surface area is 151 Å². The highest BCUT2D eigenvalue weighted by atomic mass is 79.9. The lowest BCUT2D eigenvalue weighted by Gasteiger charge is -2.18. The van der Waals surface area contributed by atoms with Crippen molar-refractivity contribution in [2.24, 2.45) is 0 Å². The zero-order valence-corrected chi connectivity index (χ0v) is 16.2. The van der Waals surface area contributed by atoms with Gasteiger partial charge in [0.25, 0.3) is 0 Å². The Morgan fingerprint density at radius 2 is 2.00 bits per heavy atom. The van der Waals surface area contributed by atoms with Crippen molar-refractivity contribution in [3.8, 4) is 9.88 Å². The molecule has 2 aromatic rings. The molecule has 2 rings (SSSR count). The first-order chi connectivity index (χ1) is 11.0. The van der Waals surface area contributed by atoms with Gasteiger partial charge < -0.3 is 10.2 Å². The van der Waals surface area contributed by atoms with Crippen LogP contribution >= 0.6 is 38.6 Å². The molecule has 124 valence electrons. The van der Waals surface area contributed by atoms with Crippen LogP contribution in [-0.4, -0.2) is 41.3 Å². The summed E-state index contributed by atoms with van der Waals surface area (Å²) < 4.78 is 1.03. The molecule has 1 N–H and O–H groups in total. The average Bonchev–Trinajstić information content (AvgIpc) is 3.15. The number of aromatic nitrogens is 1. The SMILES string of the molecule is CCN(CC)C(=O)CNC(=O)Cc1csc(-c2cc(Br)cs2)n1. The Hall–Kier alpha value is -1.25. The number of nitrogens with one attached hydrogen (secondary N) is 1. The molecule has 0 atom stereocenters. The van der Waals surface area contributed by atoms with Crippen molar-refractivity contribution < 1.29 is 9.59 Å². The third-order valence-electron chi connectivity index (χ3n) is 3.22. The van der Waals surface area contributed by atoms with Gasteiger partial charge in [0.1, 0.15) is 5.01 Å². The number of halogens is 1. The van der Waals surface area contributed by atoms with Gasteiger partial charge in [-0.05, 0) is 35.8 Å². The molecule has 0 fully saturated rings. The zero-order chi connectivity index (χ0) is 16.8. The van der Waals surface area contributed by atoms with Crippen LogP contribution in [-0.2, 0) is 16.0 Å². The summed E-state index contributed by atoms with van der Waals surface area (Å²) in [5, 5.41) is 7.45. The molecule has 0 spiro atoms. The molecule has 0 aliphatic rings. The highest BCUT2D eigenvalue weighted by Crippen LogP contribution is 2.31. The van der Waals surface area contributed by atoms with Gasteiger partial charge in [0.2, 0.25) is 11.8 Å². The van der Waals surface area contributed by atoms with Gasteiger partial charge in [0, 0.05) is 28.3 Å². The molecule has 23 heavy (non-hydrogen) atoms. The van der Waals surface area contributed by atoms with Crippen molar-refractivity contribution in [3.63, 3.8) is 0 Å². The fourth-order valence-corrected chi connectivity index (χ4v) is 4.34. The molecule has 0 aliphatic carbocycles. The van der Waals surface area contributed by atoms with Gasteiger partial charge in [-0.2, -0.15) is 0 Å². The Balaban J connectivity index is 1.86. The lowest BCUT2D eigenvalue weighted by molar-refractivity contribution is -0.132. The standard InChI is InChI=1S/C15H18BrN3O2S2/c1-3-19(4-2)14(21)7-17-13(20)6-11-9-23-15(18-11)12-5-10(16)8-22-12/h5,8-9H,3-4,6-7H2,1-2H3,(H,17,20). The molecule has 0 aliphatic heterocycles. The average molecular weight is 416 g/mol. The fraction of sp³-hybridized carbons (Fsp3) is 0.400. The first-order valence-corrected chi connectivity index (χ1v) is 9.82. The first-order valence-electron chi connectivity index (χ1n) is 7.26. The summed E-state index contributed by atoms with van der Waals surface area (Å²) in [4.78, 5) is 31.0. The second kappa shape index (κ2) is 8.56. The Morgan fingerprint density at radius 3 is 2.61 bits per heavy atom. The largest absolute Gasteiger partial charge is 0.347 e. The van der Waals surface area contributed by atoms with Crippen LogP contribution < -0.4 is 5.32 Å². The smallest absolute Gasteiger partial charge is 0.241 e. The number of carbonyl (C=O) groups is 2. The van der Waals surface area contributed by atoms with Crippen molar-refractivity contribution in [3.05, 3.63) is 27.0 Å². The molecular weight excluding hydrogens is 398 g/mol. The van der Waals surface area contributed by atoms with E-state index in [1.165, 1.54) is 11.3 Å². The number of thiazole rings is 1. The molecule has 2 aromatic heterocycles. The Bertz CT molecular complexity index is 680. The highest BCUT2D eigenvalue weighted by molar-refractivity contribution is 9.10. The van der Waals surface area contributed by atoms with E-state index in [0.717, 1.165) is 20.1 Å². The summed E-state index contributed by atoms with van der Waals surface area (Å²) in [7, 11) is 0. The third-order valence-corrected chi connectivity index (χ3v) is 5.98. The minimum atomic E-state index is -0.185. The van der Waals surface area contributed by atoms with E-state index < -0.39 is 0 Å². The van der Waals surface area contributed by atoms with Crippen LogP contribution in [0.4, 0.5) is 0 Å². The number of nitrogens with zero attached hydrogens (tertiary/aromatic N) is 2. The van der Waals surface area contributed by atoms with E-state index in [2.05, 4.69) is 26.2 Å². The van der Waals surface area contributed by atoms with Gasteiger partial charge in [-0.3, -0.25) is 9.59 Å². The van der Waals surface area contributed by atoms with Crippen LogP contribution in [0.2, 0.25) is 0 Å². The molecule has 0 saturated carbocycles. The Morgan fingerprint density at radius 1 is 1.26 bits per heavy atom. The number of likely N-dealkylation sites (N-methyl/N-ethyl adjacent to an activating group) is 1. The minimum absolute atomic E-state index is 0.0371. The quantitative estimate of drug-likeness (QED) is 0.754. The summed E-state index contributed by atoms with van der Waals surface area (Å²) in [5.41, 5.74) is 0.724. The maximum absolute atomic E-state index is 11.9. The van der Waals surface area contributed by atoms with Crippen molar-refractivity contribution in [1.29, 1.82) is 0 Å². The van der Waals surface area contributed by atoms with Gasteiger partial charge in [-0.25, -0.2) is 4.98 Å². The fourth-order valence-electron chi connectivity index (χ4n) is 2.02. The monoisotopic (exact) mass is 415 g/mol. The van der Waals surface area contributed by atoms with Crippen molar-refractivity contribution >= 4 is 50.4 Å². The van der Waals surface area contributed by atoms with Gasteiger partial charge in [0.05, 0.1) is 23.5 Å². The molecule has 0 radical (unpaired) electrons. The third kappa shape index (κ3) is 5.12. The van der Waals surface area contributed by atoms with Crippen molar-refractivity contribution in [2.75, 3.05) is 19.6 Å². The summed E-state index contributed by atoms with van der Waals surface area (Å²) in [6.45, 7) is 5.18. The zero-order valence-electron chi connectivity index (χ0n) is 13.0. The highest BCUT2D eigenvalue weighted by Gasteiger charge is 2.13. The van der Waals surface area contributed by atoms with Gasteiger partial charge >= 0.3 is 0 Å². The molecule has 0 bridgehead atoms. The van der Waals surface area contributed by atoms with E-state index in [-0.39, 0.29) is 24.8 Å². The topological polar surface area (TPSA) is 62.3 Å². The lowest BCUT2D eigenvalue weighted by atomic mass is 10.3. The predicted molar refractivity (Wildman–Crippen MR) is 97.8 cm³/mol. The van der Waals surface area contributed by atoms with Crippen LogP contribution in [0, 0.1) is 0 Å². The summed E-state index contributed by atoms with van der Waals surface area (Å²) in [5.74, 6) is -0.250. The number of hydrogen-bond acceptors (Lipinski definition) is 5. The first kappa shape index (κ1) is 18.1. The number of thiophene rings is 1. The molecular formula is C15H18BrN3O2S2. The molecule has 0 unspecified atom stereocenters. The summed E-state index contributed by atoms with van der Waals surface area (Å²) >= 11 is 6.55. The maximum Gasteiger partial charge on any atom is 0.241 e. The van der Waals surface area contributed by atoms with E-state index in [4.69, 9.17) is 0 Å². The minimum Gasteiger partial charge on any atom is -0.347 e. The van der Waals surface area contributed by atoms with Crippen LogP contribution in [0.25, 0.3) is 9.88 Å². The normalized spacial score (nSPS) is 10.6. The molecule has 2 heterocycles. The van der Waals surface area contributed by atoms with E-state index >= 15 is 0 Å². The van der Waals surface area contributed by atoms with Gasteiger partial charge in [-0.1, -0.05) is 0 Å².